The first-order valence-corrected chi connectivity index (χ1v) is 13.5. The van der Waals surface area contributed by atoms with Gasteiger partial charge >= 0.3 is 0 Å². The molecule has 2 saturated carbocycles. The van der Waals surface area contributed by atoms with Crippen LogP contribution in [0.15, 0.2) is 54.6 Å². The lowest BCUT2D eigenvalue weighted by atomic mass is 9.66. The van der Waals surface area contributed by atoms with Crippen molar-refractivity contribution < 1.29 is 9.53 Å². The molecule has 0 N–H and O–H groups in total. The number of carbonyl (C=O) groups excluding carboxylic acids is 1. The van der Waals surface area contributed by atoms with Crippen LogP contribution < -0.4 is 4.74 Å². The quantitative estimate of drug-likeness (QED) is 0.387. The van der Waals surface area contributed by atoms with Gasteiger partial charge in [0.1, 0.15) is 5.75 Å². The minimum atomic E-state index is -0.157. The van der Waals surface area contributed by atoms with Crippen LogP contribution >= 0.6 is 0 Å². The Bertz CT molecular complexity index is 977. The van der Waals surface area contributed by atoms with Gasteiger partial charge in [-0.2, -0.15) is 0 Å². The highest BCUT2D eigenvalue weighted by Gasteiger charge is 2.49. The Hall–Kier alpha value is -2.37. The van der Waals surface area contributed by atoms with Crippen LogP contribution in [0.4, 0.5) is 0 Å². The zero-order valence-corrected chi connectivity index (χ0v) is 23.0. The van der Waals surface area contributed by atoms with Gasteiger partial charge in [0, 0.05) is 25.2 Å². The number of hydrogen-bond acceptors (Lipinski definition) is 4. The Kier molecular flexibility index (Phi) is 8.11. The first-order chi connectivity index (χ1) is 17.2. The molecule has 2 aromatic rings. The Morgan fingerprint density at radius 2 is 1.50 bits per heavy atom. The first kappa shape index (κ1) is 26.7. The van der Waals surface area contributed by atoms with Crippen molar-refractivity contribution in [2.75, 3.05) is 41.3 Å². The number of rotatable bonds is 11. The van der Waals surface area contributed by atoms with E-state index in [9.17, 15) is 4.79 Å². The molecular weight excluding hydrogens is 446 g/mol. The molecule has 2 aliphatic carbocycles. The average Bonchev–Trinajstić information content (AvgIpc) is 2.87. The average molecular weight is 492 g/mol. The molecule has 2 fully saturated rings. The third-order valence-electron chi connectivity index (χ3n) is 9.20. The largest absolute Gasteiger partial charge is 0.497 e. The predicted molar refractivity (Wildman–Crippen MR) is 147 cm³/mol. The van der Waals surface area contributed by atoms with Crippen molar-refractivity contribution in [3.63, 3.8) is 0 Å². The minimum absolute atomic E-state index is 0.00818. The normalized spacial score (nSPS) is 25.4. The highest BCUT2D eigenvalue weighted by Crippen LogP contribution is 2.49. The van der Waals surface area contributed by atoms with Gasteiger partial charge in [-0.05, 0) is 88.3 Å². The zero-order valence-electron chi connectivity index (χ0n) is 23.0. The summed E-state index contributed by atoms with van der Waals surface area (Å²) in [6.45, 7) is 4.96. The summed E-state index contributed by atoms with van der Waals surface area (Å²) in [5, 5.41) is 0. The van der Waals surface area contributed by atoms with Gasteiger partial charge in [0.2, 0.25) is 6.41 Å². The van der Waals surface area contributed by atoms with Crippen molar-refractivity contribution in [1.82, 2.24) is 14.7 Å². The van der Waals surface area contributed by atoms with E-state index in [1.54, 1.807) is 7.11 Å². The summed E-state index contributed by atoms with van der Waals surface area (Å²) in [6.07, 6.45) is 8.98. The number of hydrogen-bond donors (Lipinski definition) is 0. The lowest BCUT2D eigenvalue weighted by Gasteiger charge is -2.56. The van der Waals surface area contributed by atoms with E-state index < -0.39 is 0 Å². The topological polar surface area (TPSA) is 36.0 Å². The monoisotopic (exact) mass is 491 g/mol. The molecule has 196 valence electrons. The fourth-order valence-corrected chi connectivity index (χ4v) is 6.67. The van der Waals surface area contributed by atoms with Crippen molar-refractivity contribution in [3.8, 4) is 5.75 Å². The van der Waals surface area contributed by atoms with E-state index >= 15 is 0 Å². The standard InChI is InChI=1S/C31H45N3O2/c1-29(16-9-17-29)23-34(25-35)30(24-33(4)22-26-12-14-28(36-5)15-13-26)18-20-31(21-19-30,32(2)3)27-10-7-6-8-11-27/h6-8,10-15,25H,9,16-24H2,1-5H3. The maximum atomic E-state index is 12.7. The lowest BCUT2D eigenvalue weighted by molar-refractivity contribution is -0.133. The van der Waals surface area contributed by atoms with Gasteiger partial charge in [0.25, 0.3) is 0 Å². The van der Waals surface area contributed by atoms with Gasteiger partial charge in [0.15, 0.2) is 0 Å². The summed E-state index contributed by atoms with van der Waals surface area (Å²) in [4.78, 5) is 19.7. The highest BCUT2D eigenvalue weighted by molar-refractivity contribution is 5.50. The van der Waals surface area contributed by atoms with Crippen molar-refractivity contribution in [3.05, 3.63) is 65.7 Å². The summed E-state index contributed by atoms with van der Waals surface area (Å²) in [5.41, 5.74) is 2.76. The number of carbonyl (C=O) groups is 1. The fraction of sp³-hybridized carbons (Fsp3) is 0.581. The second-order valence-electron chi connectivity index (χ2n) is 11.9. The van der Waals surface area contributed by atoms with Gasteiger partial charge in [-0.1, -0.05) is 55.8 Å². The number of nitrogens with zero attached hydrogens (tertiary/aromatic N) is 3. The van der Waals surface area contributed by atoms with Gasteiger partial charge in [-0.25, -0.2) is 0 Å². The predicted octanol–water partition coefficient (Wildman–Crippen LogP) is 5.55. The van der Waals surface area contributed by atoms with Crippen LogP contribution in [-0.2, 0) is 16.9 Å². The van der Waals surface area contributed by atoms with Crippen molar-refractivity contribution in [1.29, 1.82) is 0 Å². The summed E-state index contributed by atoms with van der Waals surface area (Å²) < 4.78 is 5.33. The van der Waals surface area contributed by atoms with Crippen LogP contribution in [0.3, 0.4) is 0 Å². The number of ether oxygens (including phenoxy) is 1. The molecule has 0 atom stereocenters. The molecule has 0 bridgehead atoms. The van der Waals surface area contributed by atoms with E-state index in [-0.39, 0.29) is 16.5 Å². The smallest absolute Gasteiger partial charge is 0.210 e. The van der Waals surface area contributed by atoms with Crippen molar-refractivity contribution in [2.24, 2.45) is 5.41 Å². The first-order valence-electron chi connectivity index (χ1n) is 13.5. The van der Waals surface area contributed by atoms with Crippen LogP contribution in [-0.4, -0.2) is 68.0 Å². The van der Waals surface area contributed by atoms with Crippen molar-refractivity contribution in [2.45, 2.75) is 69.5 Å². The molecule has 0 heterocycles. The SMILES string of the molecule is COc1ccc(CN(C)CC2(N(C=O)CC3(C)CCC3)CCC(c3ccccc3)(N(C)C)CC2)cc1. The second-order valence-corrected chi connectivity index (χ2v) is 11.9. The molecule has 4 rings (SSSR count). The Morgan fingerprint density at radius 3 is 2.00 bits per heavy atom. The molecular formula is C31H45N3O2. The number of likely N-dealkylation sites (N-methyl/N-ethyl adjacent to an activating group) is 1. The molecule has 0 unspecified atom stereocenters. The summed E-state index contributed by atoms with van der Waals surface area (Å²) in [5.74, 6) is 0.881. The third kappa shape index (κ3) is 5.47. The Labute approximate surface area is 218 Å². The molecule has 0 aromatic heterocycles. The van der Waals surface area contributed by atoms with Gasteiger partial charge in [-0.15, -0.1) is 0 Å². The molecule has 0 saturated heterocycles. The maximum Gasteiger partial charge on any atom is 0.210 e. The number of methoxy groups -OCH3 is 1. The van der Waals surface area contributed by atoms with Crippen LogP contribution in [0, 0.1) is 5.41 Å². The molecule has 0 radical (unpaired) electrons. The van der Waals surface area contributed by atoms with Crippen LogP contribution in [0.2, 0.25) is 0 Å². The van der Waals surface area contributed by atoms with E-state index in [2.05, 4.69) is 85.2 Å². The second kappa shape index (κ2) is 10.9. The van der Waals surface area contributed by atoms with Gasteiger partial charge < -0.3 is 9.64 Å². The number of amides is 1. The molecule has 5 nitrogen and oxygen atoms in total. The molecule has 2 aromatic carbocycles. The van der Waals surface area contributed by atoms with Gasteiger partial charge in [-0.3, -0.25) is 14.6 Å². The van der Waals surface area contributed by atoms with E-state index in [0.717, 1.165) is 57.5 Å². The summed E-state index contributed by atoms with van der Waals surface area (Å²) in [6, 6.07) is 19.3. The van der Waals surface area contributed by atoms with Crippen LogP contribution in [0.1, 0.15) is 63.0 Å². The minimum Gasteiger partial charge on any atom is -0.497 e. The van der Waals surface area contributed by atoms with Crippen LogP contribution in [0.25, 0.3) is 0 Å². The molecule has 1 amide bonds. The summed E-state index contributed by atoms with van der Waals surface area (Å²) in [7, 11) is 8.32. The Balaban J connectivity index is 1.58. The van der Waals surface area contributed by atoms with E-state index in [1.165, 1.54) is 30.4 Å². The lowest BCUT2D eigenvalue weighted by Crippen LogP contribution is -2.61. The molecule has 0 aliphatic heterocycles. The zero-order chi connectivity index (χ0) is 25.8. The molecule has 2 aliphatic rings. The third-order valence-corrected chi connectivity index (χ3v) is 9.20. The van der Waals surface area contributed by atoms with E-state index in [0.29, 0.717) is 0 Å². The fourth-order valence-electron chi connectivity index (χ4n) is 6.67. The van der Waals surface area contributed by atoms with Crippen molar-refractivity contribution >= 4 is 6.41 Å². The molecule has 5 heteroatoms. The molecule has 36 heavy (non-hydrogen) atoms. The molecule has 0 spiro atoms. The van der Waals surface area contributed by atoms with E-state index in [1.807, 2.05) is 12.1 Å². The Morgan fingerprint density at radius 1 is 0.861 bits per heavy atom. The van der Waals surface area contributed by atoms with E-state index in [4.69, 9.17) is 4.74 Å². The number of benzene rings is 2. The van der Waals surface area contributed by atoms with Gasteiger partial charge in [0.05, 0.1) is 12.6 Å². The van der Waals surface area contributed by atoms with Crippen LogP contribution in [0.5, 0.6) is 5.75 Å². The highest BCUT2D eigenvalue weighted by atomic mass is 16.5. The summed E-state index contributed by atoms with van der Waals surface area (Å²) >= 11 is 0. The maximum absolute atomic E-state index is 12.7.